The summed E-state index contributed by atoms with van der Waals surface area (Å²) in [6, 6.07) is 8.14. The molecule has 0 aliphatic heterocycles. The fourth-order valence-corrected chi connectivity index (χ4v) is 2.46. The molecule has 2 aromatic rings. The van der Waals surface area contributed by atoms with Crippen LogP contribution in [0.25, 0.3) is 0 Å². The van der Waals surface area contributed by atoms with Gasteiger partial charge in [0.15, 0.2) is 5.69 Å². The monoisotopic (exact) mass is 348 g/mol. The summed E-state index contributed by atoms with van der Waals surface area (Å²) in [6.45, 7) is 3.17. The van der Waals surface area contributed by atoms with Crippen molar-refractivity contribution in [1.82, 2.24) is 10.4 Å². The SMILES string of the molecule is CCOC(=O)c1csc(N(NC(C)=O)C(=O)Nc2ccccc2)n1. The molecule has 0 radical (unpaired) electrons. The van der Waals surface area contributed by atoms with E-state index in [1.54, 1.807) is 31.2 Å². The molecule has 8 nitrogen and oxygen atoms in total. The lowest BCUT2D eigenvalue weighted by Crippen LogP contribution is -2.47. The van der Waals surface area contributed by atoms with Gasteiger partial charge in [0.25, 0.3) is 0 Å². The number of rotatable bonds is 4. The molecule has 0 bridgehead atoms. The summed E-state index contributed by atoms with van der Waals surface area (Å²) in [5.74, 6) is -1.04. The molecule has 3 amide bonds. The summed E-state index contributed by atoms with van der Waals surface area (Å²) in [7, 11) is 0. The number of carbonyl (C=O) groups is 3. The Morgan fingerprint density at radius 1 is 1.25 bits per heavy atom. The van der Waals surface area contributed by atoms with Gasteiger partial charge in [0, 0.05) is 18.0 Å². The van der Waals surface area contributed by atoms with E-state index in [0.717, 1.165) is 16.3 Å². The fraction of sp³-hybridized carbons (Fsp3) is 0.200. The third kappa shape index (κ3) is 4.53. The first kappa shape index (κ1) is 17.4. The van der Waals surface area contributed by atoms with E-state index in [-0.39, 0.29) is 17.4 Å². The van der Waals surface area contributed by atoms with Crippen LogP contribution in [0.3, 0.4) is 0 Å². The van der Waals surface area contributed by atoms with Crippen molar-refractivity contribution in [3.8, 4) is 0 Å². The molecule has 2 rings (SSSR count). The lowest BCUT2D eigenvalue weighted by atomic mass is 10.3. The number of ether oxygens (including phenoxy) is 1. The Morgan fingerprint density at radius 3 is 2.58 bits per heavy atom. The number of hydrazine groups is 1. The molecule has 1 heterocycles. The van der Waals surface area contributed by atoms with Gasteiger partial charge in [0.1, 0.15) is 0 Å². The van der Waals surface area contributed by atoms with Crippen LogP contribution in [0, 0.1) is 0 Å². The van der Waals surface area contributed by atoms with Gasteiger partial charge in [0.2, 0.25) is 11.0 Å². The summed E-state index contributed by atoms with van der Waals surface area (Å²) >= 11 is 1.03. The average molecular weight is 348 g/mol. The summed E-state index contributed by atoms with van der Waals surface area (Å²) in [5, 5.41) is 5.18. The Hall–Kier alpha value is -2.94. The van der Waals surface area contributed by atoms with Gasteiger partial charge in [-0.3, -0.25) is 10.2 Å². The maximum Gasteiger partial charge on any atom is 0.357 e. The molecule has 126 valence electrons. The molecule has 0 aliphatic rings. The normalized spacial score (nSPS) is 9.92. The zero-order valence-electron chi connectivity index (χ0n) is 13.1. The minimum Gasteiger partial charge on any atom is -0.461 e. The van der Waals surface area contributed by atoms with Gasteiger partial charge in [0.05, 0.1) is 6.61 Å². The van der Waals surface area contributed by atoms with Gasteiger partial charge in [-0.2, -0.15) is 5.01 Å². The number of carbonyl (C=O) groups excluding carboxylic acids is 3. The van der Waals surface area contributed by atoms with E-state index in [2.05, 4.69) is 15.7 Å². The van der Waals surface area contributed by atoms with Crippen LogP contribution >= 0.6 is 11.3 Å². The Kier molecular flexibility index (Phi) is 5.85. The van der Waals surface area contributed by atoms with E-state index in [1.165, 1.54) is 12.3 Å². The number of esters is 1. The topological polar surface area (TPSA) is 101 Å². The fourth-order valence-electron chi connectivity index (χ4n) is 1.71. The molecule has 0 fully saturated rings. The number of nitrogens with zero attached hydrogens (tertiary/aromatic N) is 2. The number of thiazole rings is 1. The van der Waals surface area contributed by atoms with Crippen LogP contribution in [0.1, 0.15) is 24.3 Å². The maximum atomic E-state index is 12.4. The molecule has 9 heteroatoms. The molecule has 0 saturated heterocycles. The number of para-hydroxylation sites is 1. The zero-order valence-corrected chi connectivity index (χ0v) is 13.9. The second-order valence-electron chi connectivity index (χ2n) is 4.54. The standard InChI is InChI=1S/C15H16N4O4S/c1-3-23-13(21)12-9-24-15(17-12)19(18-10(2)20)14(22)16-11-7-5-4-6-8-11/h4-9H,3H2,1-2H3,(H,16,22)(H,18,20). The predicted octanol–water partition coefficient (Wildman–Crippen LogP) is 2.41. The molecular formula is C15H16N4O4S. The summed E-state index contributed by atoms with van der Waals surface area (Å²) in [4.78, 5) is 39.5. The average Bonchev–Trinajstić information content (AvgIpc) is 3.03. The van der Waals surface area contributed by atoms with Crippen LogP contribution in [0.5, 0.6) is 0 Å². The number of benzene rings is 1. The second kappa shape index (κ2) is 8.06. The first-order valence-corrected chi connectivity index (χ1v) is 7.95. The second-order valence-corrected chi connectivity index (χ2v) is 5.37. The summed E-state index contributed by atoms with van der Waals surface area (Å²) < 4.78 is 4.86. The van der Waals surface area contributed by atoms with E-state index in [1.807, 2.05) is 6.07 Å². The lowest BCUT2D eigenvalue weighted by Gasteiger charge is -2.20. The molecule has 0 unspecified atom stereocenters. The van der Waals surface area contributed by atoms with E-state index >= 15 is 0 Å². The van der Waals surface area contributed by atoms with Crippen LogP contribution < -0.4 is 15.8 Å². The van der Waals surface area contributed by atoms with E-state index in [0.29, 0.717) is 5.69 Å². The highest BCUT2D eigenvalue weighted by molar-refractivity contribution is 7.14. The van der Waals surface area contributed by atoms with Gasteiger partial charge < -0.3 is 10.1 Å². The number of anilines is 2. The first-order chi connectivity index (χ1) is 11.5. The molecule has 1 aromatic heterocycles. The number of aromatic nitrogens is 1. The van der Waals surface area contributed by atoms with Crippen molar-refractivity contribution >= 4 is 40.1 Å². The van der Waals surface area contributed by atoms with Gasteiger partial charge in [-0.25, -0.2) is 14.6 Å². The van der Waals surface area contributed by atoms with Crippen LogP contribution in [0.15, 0.2) is 35.7 Å². The number of amides is 3. The molecule has 0 saturated carbocycles. The number of nitrogens with one attached hydrogen (secondary N) is 2. The minimum absolute atomic E-state index is 0.0692. The zero-order chi connectivity index (χ0) is 17.5. The van der Waals surface area contributed by atoms with E-state index < -0.39 is 17.9 Å². The largest absolute Gasteiger partial charge is 0.461 e. The summed E-state index contributed by atoms with van der Waals surface area (Å²) in [6.07, 6.45) is 0. The van der Waals surface area contributed by atoms with Crippen molar-refractivity contribution in [2.75, 3.05) is 16.9 Å². The highest BCUT2D eigenvalue weighted by atomic mass is 32.1. The highest BCUT2D eigenvalue weighted by Gasteiger charge is 2.22. The molecule has 24 heavy (non-hydrogen) atoms. The van der Waals surface area contributed by atoms with Crippen molar-refractivity contribution < 1.29 is 19.1 Å². The van der Waals surface area contributed by atoms with Crippen LogP contribution in [0.2, 0.25) is 0 Å². The van der Waals surface area contributed by atoms with Crippen molar-refractivity contribution in [3.05, 3.63) is 41.4 Å². The minimum atomic E-state index is -0.610. The predicted molar refractivity (Wildman–Crippen MR) is 89.8 cm³/mol. The molecule has 1 aromatic carbocycles. The lowest BCUT2D eigenvalue weighted by molar-refractivity contribution is -0.118. The Bertz CT molecular complexity index is 732. The van der Waals surface area contributed by atoms with E-state index in [9.17, 15) is 14.4 Å². The van der Waals surface area contributed by atoms with Crippen molar-refractivity contribution in [3.63, 3.8) is 0 Å². The van der Waals surface area contributed by atoms with Crippen molar-refractivity contribution in [2.45, 2.75) is 13.8 Å². The van der Waals surface area contributed by atoms with Crippen LogP contribution in [-0.4, -0.2) is 29.5 Å². The van der Waals surface area contributed by atoms with Crippen LogP contribution in [0.4, 0.5) is 15.6 Å². The Balaban J connectivity index is 2.20. The van der Waals surface area contributed by atoms with E-state index in [4.69, 9.17) is 4.74 Å². The first-order valence-electron chi connectivity index (χ1n) is 7.07. The Morgan fingerprint density at radius 2 is 1.96 bits per heavy atom. The smallest absolute Gasteiger partial charge is 0.357 e. The third-order valence-electron chi connectivity index (χ3n) is 2.67. The van der Waals surface area contributed by atoms with Gasteiger partial charge >= 0.3 is 12.0 Å². The molecule has 2 N–H and O–H groups in total. The van der Waals surface area contributed by atoms with Gasteiger partial charge in [-0.15, -0.1) is 11.3 Å². The Labute approximate surface area is 142 Å². The van der Waals surface area contributed by atoms with Crippen LogP contribution in [-0.2, 0) is 9.53 Å². The third-order valence-corrected chi connectivity index (χ3v) is 3.49. The van der Waals surface area contributed by atoms with Gasteiger partial charge in [-0.05, 0) is 19.1 Å². The van der Waals surface area contributed by atoms with Gasteiger partial charge in [-0.1, -0.05) is 18.2 Å². The quantitative estimate of drug-likeness (QED) is 0.653. The summed E-state index contributed by atoms with van der Waals surface area (Å²) in [5.41, 5.74) is 3.00. The molecule has 0 spiro atoms. The van der Waals surface area contributed by atoms with Crippen molar-refractivity contribution in [1.29, 1.82) is 0 Å². The number of urea groups is 1. The van der Waals surface area contributed by atoms with Crippen molar-refractivity contribution in [2.24, 2.45) is 0 Å². The number of hydrogen-bond donors (Lipinski definition) is 2. The highest BCUT2D eigenvalue weighted by Crippen LogP contribution is 2.21. The molecule has 0 aliphatic carbocycles. The number of hydrogen-bond acceptors (Lipinski definition) is 6. The maximum absolute atomic E-state index is 12.4. The molecule has 0 atom stereocenters. The molecular weight excluding hydrogens is 332 g/mol.